The van der Waals surface area contributed by atoms with Gasteiger partial charge in [-0.05, 0) is 60.0 Å². The van der Waals surface area contributed by atoms with Gasteiger partial charge in [0.25, 0.3) is 11.7 Å². The Morgan fingerprint density at radius 3 is 2.32 bits per heavy atom. The molecule has 7 heteroatoms. The topological polar surface area (TPSA) is 89.0 Å². The van der Waals surface area contributed by atoms with Crippen LogP contribution in [0.3, 0.4) is 0 Å². The van der Waals surface area contributed by atoms with E-state index in [0.29, 0.717) is 41.4 Å². The Kier molecular flexibility index (Phi) is 7.83. The SMILES string of the molecule is C=CCOc1ccc([C@@H]2C(=C(O)c3ccc(OCC=C)cc3C)C(=O)C(=O)N2Cc2cccnc2)cc1. The summed E-state index contributed by atoms with van der Waals surface area (Å²) in [6.45, 7) is 9.95. The minimum absolute atomic E-state index is 0.0245. The van der Waals surface area contributed by atoms with Gasteiger partial charge in [-0.25, -0.2) is 0 Å². The molecule has 4 rings (SSSR count). The van der Waals surface area contributed by atoms with Crippen LogP contribution in [0.15, 0.2) is 97.9 Å². The van der Waals surface area contributed by atoms with Gasteiger partial charge in [-0.1, -0.05) is 43.5 Å². The number of likely N-dealkylation sites (tertiary alicyclic amines) is 1. The van der Waals surface area contributed by atoms with Gasteiger partial charge in [-0.15, -0.1) is 0 Å². The molecule has 2 aromatic carbocycles. The van der Waals surface area contributed by atoms with Gasteiger partial charge in [0, 0.05) is 24.5 Å². The number of hydrogen-bond acceptors (Lipinski definition) is 6. The Bertz CT molecular complexity index is 1350. The quantitative estimate of drug-likeness (QED) is 0.181. The number of hydrogen-bond donors (Lipinski definition) is 1. The van der Waals surface area contributed by atoms with E-state index in [1.807, 2.05) is 13.0 Å². The van der Waals surface area contributed by atoms with E-state index in [4.69, 9.17) is 9.47 Å². The number of pyridine rings is 1. The third-order valence-electron chi connectivity index (χ3n) is 6.00. The van der Waals surface area contributed by atoms with E-state index in [1.165, 1.54) is 4.90 Å². The second-order valence-electron chi connectivity index (χ2n) is 8.53. The molecule has 1 aliphatic heterocycles. The van der Waals surface area contributed by atoms with E-state index in [9.17, 15) is 14.7 Å². The Labute approximate surface area is 216 Å². The van der Waals surface area contributed by atoms with Crippen LogP contribution in [0.2, 0.25) is 0 Å². The number of aryl methyl sites for hydroxylation is 1. The van der Waals surface area contributed by atoms with E-state index in [0.717, 1.165) is 5.56 Å². The molecule has 1 amide bonds. The molecule has 0 unspecified atom stereocenters. The van der Waals surface area contributed by atoms with Gasteiger partial charge >= 0.3 is 0 Å². The van der Waals surface area contributed by atoms with Crippen LogP contribution in [-0.4, -0.2) is 39.9 Å². The number of rotatable bonds is 10. The largest absolute Gasteiger partial charge is 0.507 e. The number of carbonyl (C=O) groups excluding carboxylic acids is 2. The fourth-order valence-electron chi connectivity index (χ4n) is 4.27. The zero-order valence-electron chi connectivity index (χ0n) is 20.6. The van der Waals surface area contributed by atoms with Crippen molar-refractivity contribution in [2.75, 3.05) is 13.2 Å². The molecule has 3 aromatic rings. The van der Waals surface area contributed by atoms with Crippen LogP contribution in [0.1, 0.15) is 28.3 Å². The standard InChI is InChI=1S/C30H28N2O5/c1-4-15-36-23-10-8-22(9-11-23)27-26(28(33)25-13-12-24(17-20(25)3)37-16-5-2)29(34)30(35)32(27)19-21-7-6-14-31-18-21/h4-14,17-18,27,33H,1-2,15-16,19H2,3H3/t27-/m1/s1. The molecule has 0 spiro atoms. The summed E-state index contributed by atoms with van der Waals surface area (Å²) in [6.07, 6.45) is 6.57. The second-order valence-corrected chi connectivity index (χ2v) is 8.53. The predicted octanol–water partition coefficient (Wildman–Crippen LogP) is 5.14. The van der Waals surface area contributed by atoms with Crippen molar-refractivity contribution < 1.29 is 24.2 Å². The van der Waals surface area contributed by atoms with Gasteiger partial charge in [0.1, 0.15) is 30.5 Å². The lowest BCUT2D eigenvalue weighted by Crippen LogP contribution is -2.29. The van der Waals surface area contributed by atoms with Gasteiger partial charge in [0.15, 0.2) is 0 Å². The van der Waals surface area contributed by atoms with Crippen molar-refractivity contribution in [2.45, 2.75) is 19.5 Å². The van der Waals surface area contributed by atoms with Gasteiger partial charge in [0.2, 0.25) is 0 Å². The van der Waals surface area contributed by atoms with Crippen molar-refractivity contribution in [3.05, 3.63) is 120 Å². The summed E-state index contributed by atoms with van der Waals surface area (Å²) >= 11 is 0. The number of Topliss-reactive ketones (excluding diaryl/α,β-unsaturated/α-hetero) is 1. The molecule has 1 fully saturated rings. The van der Waals surface area contributed by atoms with E-state index >= 15 is 0 Å². The van der Waals surface area contributed by atoms with Crippen molar-refractivity contribution in [3.8, 4) is 11.5 Å². The maximum atomic E-state index is 13.3. The summed E-state index contributed by atoms with van der Waals surface area (Å²) in [7, 11) is 0. The molecule has 0 bridgehead atoms. The van der Waals surface area contributed by atoms with Gasteiger partial charge < -0.3 is 19.5 Å². The van der Waals surface area contributed by atoms with Gasteiger partial charge in [-0.3, -0.25) is 14.6 Å². The molecule has 1 saturated heterocycles. The Morgan fingerprint density at radius 2 is 1.70 bits per heavy atom. The number of ether oxygens (including phenoxy) is 2. The molecule has 37 heavy (non-hydrogen) atoms. The van der Waals surface area contributed by atoms with Crippen LogP contribution >= 0.6 is 0 Å². The summed E-state index contributed by atoms with van der Waals surface area (Å²) < 4.78 is 11.2. The number of aromatic nitrogens is 1. The first-order chi connectivity index (χ1) is 17.9. The van der Waals surface area contributed by atoms with Crippen LogP contribution < -0.4 is 9.47 Å². The van der Waals surface area contributed by atoms with E-state index in [-0.39, 0.29) is 17.9 Å². The third-order valence-corrected chi connectivity index (χ3v) is 6.00. The fourth-order valence-corrected chi connectivity index (χ4v) is 4.27. The number of benzene rings is 2. The van der Waals surface area contributed by atoms with Crippen molar-refractivity contribution in [1.82, 2.24) is 9.88 Å². The molecule has 188 valence electrons. The highest BCUT2D eigenvalue weighted by molar-refractivity contribution is 6.46. The Hall–Kier alpha value is -4.65. The van der Waals surface area contributed by atoms with Crippen LogP contribution in [0, 0.1) is 6.92 Å². The number of carbonyl (C=O) groups is 2. The molecule has 7 nitrogen and oxygen atoms in total. The monoisotopic (exact) mass is 496 g/mol. The first-order valence-electron chi connectivity index (χ1n) is 11.8. The molecule has 2 heterocycles. The van der Waals surface area contributed by atoms with E-state index < -0.39 is 17.7 Å². The second kappa shape index (κ2) is 11.4. The van der Waals surface area contributed by atoms with Crippen LogP contribution in [0.25, 0.3) is 5.76 Å². The Balaban J connectivity index is 1.80. The molecule has 0 radical (unpaired) electrons. The van der Waals surface area contributed by atoms with E-state index in [1.54, 1.807) is 73.1 Å². The fraction of sp³-hybridized carbons (Fsp3) is 0.167. The highest BCUT2D eigenvalue weighted by Crippen LogP contribution is 2.41. The maximum Gasteiger partial charge on any atom is 0.295 e. The molecule has 1 aliphatic rings. The number of nitrogens with zero attached hydrogens (tertiary/aromatic N) is 2. The van der Waals surface area contributed by atoms with Crippen LogP contribution in [0.4, 0.5) is 0 Å². The van der Waals surface area contributed by atoms with Crippen molar-refractivity contribution in [1.29, 1.82) is 0 Å². The van der Waals surface area contributed by atoms with Crippen LogP contribution in [0.5, 0.6) is 11.5 Å². The predicted molar refractivity (Wildman–Crippen MR) is 141 cm³/mol. The lowest BCUT2D eigenvalue weighted by atomic mass is 9.93. The molecule has 1 aromatic heterocycles. The molecule has 0 saturated carbocycles. The lowest BCUT2D eigenvalue weighted by Gasteiger charge is -2.25. The van der Waals surface area contributed by atoms with E-state index in [2.05, 4.69) is 18.1 Å². The minimum Gasteiger partial charge on any atom is -0.507 e. The highest BCUT2D eigenvalue weighted by Gasteiger charge is 2.46. The number of ketones is 1. The number of aliphatic hydroxyl groups excluding tert-OH is 1. The van der Waals surface area contributed by atoms with Gasteiger partial charge in [0.05, 0.1) is 11.6 Å². The van der Waals surface area contributed by atoms with Crippen molar-refractivity contribution in [3.63, 3.8) is 0 Å². The molecular formula is C30H28N2O5. The first kappa shape index (κ1) is 25.4. The van der Waals surface area contributed by atoms with Crippen molar-refractivity contribution in [2.24, 2.45) is 0 Å². The first-order valence-corrected chi connectivity index (χ1v) is 11.8. The normalized spacial score (nSPS) is 16.5. The number of amides is 1. The lowest BCUT2D eigenvalue weighted by molar-refractivity contribution is -0.140. The van der Waals surface area contributed by atoms with Crippen molar-refractivity contribution >= 4 is 17.4 Å². The smallest absolute Gasteiger partial charge is 0.295 e. The average Bonchev–Trinajstić information content (AvgIpc) is 3.16. The average molecular weight is 497 g/mol. The van der Waals surface area contributed by atoms with Gasteiger partial charge in [-0.2, -0.15) is 0 Å². The maximum absolute atomic E-state index is 13.3. The third kappa shape index (κ3) is 5.46. The Morgan fingerprint density at radius 1 is 1.03 bits per heavy atom. The molecule has 1 atom stereocenters. The number of aliphatic hydroxyl groups is 1. The van der Waals surface area contributed by atoms with Crippen LogP contribution in [-0.2, 0) is 16.1 Å². The summed E-state index contributed by atoms with van der Waals surface area (Å²) in [6, 6.07) is 15.1. The summed E-state index contributed by atoms with van der Waals surface area (Å²) in [5, 5.41) is 11.4. The molecular weight excluding hydrogens is 468 g/mol. The summed E-state index contributed by atoms with van der Waals surface area (Å²) in [4.78, 5) is 32.2. The summed E-state index contributed by atoms with van der Waals surface area (Å²) in [5.74, 6) is -0.441. The minimum atomic E-state index is -0.801. The highest BCUT2D eigenvalue weighted by atomic mass is 16.5. The molecule has 0 aliphatic carbocycles. The zero-order valence-corrected chi connectivity index (χ0v) is 20.6. The molecule has 1 N–H and O–H groups in total. The summed E-state index contributed by atoms with van der Waals surface area (Å²) in [5.41, 5.74) is 2.60. The zero-order chi connectivity index (χ0) is 26.4.